The number of nitrogens with one attached hydrogen (secondary N) is 2. The van der Waals surface area contributed by atoms with Crippen LogP contribution < -0.4 is 11.1 Å². The van der Waals surface area contributed by atoms with Crippen LogP contribution in [0.2, 0.25) is 0 Å². The van der Waals surface area contributed by atoms with E-state index >= 15 is 0 Å². The van der Waals surface area contributed by atoms with E-state index in [2.05, 4.69) is 5.32 Å². The minimum absolute atomic E-state index is 0.380. The first-order valence-electron chi connectivity index (χ1n) is 5.02. The Bertz CT molecular complexity index is 474. The molecule has 3 nitrogen and oxygen atoms in total. The predicted molar refractivity (Wildman–Crippen MR) is 67.7 cm³/mol. The summed E-state index contributed by atoms with van der Waals surface area (Å²) in [6.07, 6.45) is 0. The summed E-state index contributed by atoms with van der Waals surface area (Å²) < 4.78 is 0. The number of anilines is 2. The molecule has 3 heteroatoms. The average Bonchev–Trinajstić information content (AvgIpc) is 2.33. The maximum Gasteiger partial charge on any atom is 0.129 e. The summed E-state index contributed by atoms with van der Waals surface area (Å²) in [7, 11) is 0. The zero-order valence-corrected chi connectivity index (χ0v) is 8.77. The van der Waals surface area contributed by atoms with Gasteiger partial charge in [-0.2, -0.15) is 0 Å². The molecule has 0 radical (unpaired) electrons. The molecule has 2 aromatic carbocycles. The molecule has 0 heterocycles. The van der Waals surface area contributed by atoms with Gasteiger partial charge in [-0.1, -0.05) is 30.3 Å². The molecule has 16 heavy (non-hydrogen) atoms. The van der Waals surface area contributed by atoms with E-state index < -0.39 is 0 Å². The lowest BCUT2D eigenvalue weighted by atomic mass is 10.2. The molecule has 0 aliphatic carbocycles. The van der Waals surface area contributed by atoms with Crippen LogP contribution in [-0.2, 0) is 0 Å². The van der Waals surface area contributed by atoms with Crippen molar-refractivity contribution in [2.24, 2.45) is 0 Å². The van der Waals surface area contributed by atoms with Crippen LogP contribution in [0.1, 0.15) is 5.56 Å². The molecule has 0 bridgehead atoms. The molecule has 80 valence electrons. The second kappa shape index (κ2) is 4.49. The van der Waals surface area contributed by atoms with Crippen molar-refractivity contribution in [3.8, 4) is 0 Å². The quantitative estimate of drug-likeness (QED) is 0.406. The topological polar surface area (TPSA) is 61.9 Å². The molecular formula is C13H13N3. The van der Waals surface area contributed by atoms with Gasteiger partial charge in [0.1, 0.15) is 5.84 Å². The van der Waals surface area contributed by atoms with Gasteiger partial charge in [-0.05, 0) is 24.3 Å². The first kappa shape index (κ1) is 10.2. The van der Waals surface area contributed by atoms with E-state index in [9.17, 15) is 0 Å². The van der Waals surface area contributed by atoms with Crippen molar-refractivity contribution in [3.63, 3.8) is 0 Å². The third-order valence-electron chi connectivity index (χ3n) is 2.24. The molecule has 0 atom stereocenters. The molecular weight excluding hydrogens is 198 g/mol. The van der Waals surface area contributed by atoms with Crippen LogP contribution in [0.25, 0.3) is 0 Å². The fraction of sp³-hybridized carbons (Fsp3) is 0. The van der Waals surface area contributed by atoms with Gasteiger partial charge in [-0.3, -0.25) is 5.41 Å². The second-order valence-electron chi connectivity index (χ2n) is 3.49. The first-order valence-corrected chi connectivity index (χ1v) is 5.02. The minimum atomic E-state index is 0.380. The van der Waals surface area contributed by atoms with Crippen molar-refractivity contribution in [1.29, 1.82) is 5.41 Å². The zero-order chi connectivity index (χ0) is 11.4. The summed E-state index contributed by atoms with van der Waals surface area (Å²) in [5.74, 6) is 0.380. The maximum atomic E-state index is 7.88. The largest absolute Gasteiger partial charge is 0.399 e. The van der Waals surface area contributed by atoms with Gasteiger partial charge in [0, 0.05) is 16.9 Å². The van der Waals surface area contributed by atoms with E-state index in [1.807, 2.05) is 42.5 Å². The van der Waals surface area contributed by atoms with Crippen LogP contribution in [-0.4, -0.2) is 5.84 Å². The molecule has 0 amide bonds. The van der Waals surface area contributed by atoms with Crippen LogP contribution in [0.5, 0.6) is 0 Å². The Morgan fingerprint density at radius 1 is 0.938 bits per heavy atom. The molecule has 2 rings (SSSR count). The van der Waals surface area contributed by atoms with Gasteiger partial charge in [-0.25, -0.2) is 0 Å². The Hall–Kier alpha value is -2.29. The SMILES string of the molecule is N=C(Nc1ccc(N)cc1)c1ccccc1. The molecule has 0 unspecified atom stereocenters. The Kier molecular flexibility index (Phi) is 2.87. The first-order chi connectivity index (χ1) is 7.75. The van der Waals surface area contributed by atoms with E-state index in [1.165, 1.54) is 0 Å². The summed E-state index contributed by atoms with van der Waals surface area (Å²) in [5.41, 5.74) is 8.03. The van der Waals surface area contributed by atoms with E-state index in [1.54, 1.807) is 12.1 Å². The lowest BCUT2D eigenvalue weighted by Gasteiger charge is -2.07. The van der Waals surface area contributed by atoms with E-state index in [4.69, 9.17) is 11.1 Å². The normalized spacial score (nSPS) is 9.75. The highest BCUT2D eigenvalue weighted by Gasteiger charge is 2.00. The van der Waals surface area contributed by atoms with E-state index in [-0.39, 0.29) is 0 Å². The Labute approximate surface area is 94.4 Å². The van der Waals surface area contributed by atoms with Crippen molar-refractivity contribution in [1.82, 2.24) is 0 Å². The monoisotopic (exact) mass is 211 g/mol. The Balaban J connectivity index is 2.11. The van der Waals surface area contributed by atoms with Crippen LogP contribution in [0.3, 0.4) is 0 Å². The molecule has 0 aromatic heterocycles. The number of nitrogens with two attached hydrogens (primary N) is 1. The second-order valence-corrected chi connectivity index (χ2v) is 3.49. The summed E-state index contributed by atoms with van der Waals surface area (Å²) in [6, 6.07) is 16.9. The molecule has 0 aliphatic heterocycles. The summed E-state index contributed by atoms with van der Waals surface area (Å²) in [6.45, 7) is 0. The van der Waals surface area contributed by atoms with Gasteiger partial charge in [0.15, 0.2) is 0 Å². The van der Waals surface area contributed by atoms with Gasteiger partial charge < -0.3 is 11.1 Å². The maximum absolute atomic E-state index is 7.88. The van der Waals surface area contributed by atoms with Crippen LogP contribution >= 0.6 is 0 Å². The van der Waals surface area contributed by atoms with Crippen LogP contribution in [0, 0.1) is 5.41 Å². The van der Waals surface area contributed by atoms with Gasteiger partial charge in [0.25, 0.3) is 0 Å². The number of rotatable bonds is 2. The van der Waals surface area contributed by atoms with Gasteiger partial charge in [0.2, 0.25) is 0 Å². The minimum Gasteiger partial charge on any atom is -0.399 e. The van der Waals surface area contributed by atoms with Crippen molar-refractivity contribution >= 4 is 17.2 Å². The molecule has 0 aliphatic rings. The Morgan fingerprint density at radius 3 is 2.19 bits per heavy atom. The number of hydrogen-bond donors (Lipinski definition) is 3. The summed E-state index contributed by atoms with van der Waals surface area (Å²) >= 11 is 0. The van der Waals surface area contributed by atoms with Gasteiger partial charge in [-0.15, -0.1) is 0 Å². The third kappa shape index (κ3) is 2.39. The highest BCUT2D eigenvalue weighted by molar-refractivity contribution is 6.06. The van der Waals surface area contributed by atoms with Crippen molar-refractivity contribution in [2.75, 3.05) is 11.1 Å². The fourth-order valence-corrected chi connectivity index (χ4v) is 1.39. The lowest BCUT2D eigenvalue weighted by Crippen LogP contribution is -2.11. The number of amidine groups is 1. The highest BCUT2D eigenvalue weighted by Crippen LogP contribution is 2.11. The predicted octanol–water partition coefficient (Wildman–Crippen LogP) is 2.71. The number of benzene rings is 2. The van der Waals surface area contributed by atoms with E-state index in [0.29, 0.717) is 5.84 Å². The zero-order valence-electron chi connectivity index (χ0n) is 8.77. The fourth-order valence-electron chi connectivity index (χ4n) is 1.39. The van der Waals surface area contributed by atoms with E-state index in [0.717, 1.165) is 16.9 Å². The smallest absolute Gasteiger partial charge is 0.129 e. The van der Waals surface area contributed by atoms with Crippen molar-refractivity contribution in [3.05, 3.63) is 60.2 Å². The summed E-state index contributed by atoms with van der Waals surface area (Å²) in [5, 5.41) is 10.9. The van der Waals surface area contributed by atoms with Gasteiger partial charge in [0.05, 0.1) is 0 Å². The Morgan fingerprint density at radius 2 is 1.56 bits per heavy atom. The molecule has 4 N–H and O–H groups in total. The van der Waals surface area contributed by atoms with Crippen LogP contribution in [0.4, 0.5) is 11.4 Å². The lowest BCUT2D eigenvalue weighted by molar-refractivity contribution is 1.44. The molecule has 0 spiro atoms. The third-order valence-corrected chi connectivity index (χ3v) is 2.24. The number of nitrogen functional groups attached to an aromatic ring is 1. The standard InChI is InChI=1S/C13H13N3/c14-11-6-8-12(9-7-11)16-13(15)10-4-2-1-3-5-10/h1-9H,14H2,(H2,15,16). The molecule has 0 saturated heterocycles. The molecule has 0 saturated carbocycles. The molecule has 0 fully saturated rings. The van der Waals surface area contributed by atoms with Gasteiger partial charge >= 0.3 is 0 Å². The highest BCUT2D eigenvalue weighted by atomic mass is 14.9. The molecule has 2 aromatic rings. The average molecular weight is 211 g/mol. The number of hydrogen-bond acceptors (Lipinski definition) is 2. The van der Waals surface area contributed by atoms with Crippen molar-refractivity contribution < 1.29 is 0 Å². The van der Waals surface area contributed by atoms with Crippen molar-refractivity contribution in [2.45, 2.75) is 0 Å². The summed E-state index contributed by atoms with van der Waals surface area (Å²) in [4.78, 5) is 0. The van der Waals surface area contributed by atoms with Crippen LogP contribution in [0.15, 0.2) is 54.6 Å².